The Morgan fingerprint density at radius 1 is 1.23 bits per heavy atom. The summed E-state index contributed by atoms with van der Waals surface area (Å²) in [4.78, 5) is 8.14. The molecule has 3 N–H and O–H groups in total. The number of hydrogen-bond donors (Lipinski definition) is 2. The molecule has 1 unspecified atom stereocenters. The van der Waals surface area contributed by atoms with Crippen LogP contribution < -0.4 is 16.0 Å². The summed E-state index contributed by atoms with van der Waals surface area (Å²) < 4.78 is 18.0. The van der Waals surface area contributed by atoms with Gasteiger partial charge < -0.3 is 20.7 Å². The van der Waals surface area contributed by atoms with E-state index in [1.165, 1.54) is 5.56 Å². The maximum atomic E-state index is 12.7. The van der Waals surface area contributed by atoms with Crippen molar-refractivity contribution < 1.29 is 8.95 Å². The molecule has 3 aromatic rings. The standard InChI is InChI=1S/C24H28N4O2S/c1-17-6-7-20-19(12-17)21(26-9-8-24(25)15-30-16-24)13-23(27-20)28-10-11-31(29)22-5-3-2-4-18(22)14-28/h2-7,12-13H,8-11,14-16,25H2,1H3,(H,26,27). The molecule has 0 spiro atoms. The number of nitrogens with zero attached hydrogens (tertiary/aromatic N) is 2. The highest BCUT2D eigenvalue weighted by Gasteiger charge is 2.33. The number of nitrogens with one attached hydrogen (secondary N) is 1. The fraction of sp³-hybridized carbons (Fsp3) is 0.375. The highest BCUT2D eigenvalue weighted by molar-refractivity contribution is 7.85. The zero-order chi connectivity index (χ0) is 21.4. The Kier molecular flexibility index (Phi) is 5.42. The van der Waals surface area contributed by atoms with Gasteiger partial charge in [0.1, 0.15) is 5.82 Å². The normalized spacial score (nSPS) is 20.1. The summed E-state index contributed by atoms with van der Waals surface area (Å²) in [5.74, 6) is 1.50. The first-order chi connectivity index (χ1) is 15.0. The number of aromatic nitrogens is 1. The van der Waals surface area contributed by atoms with Gasteiger partial charge in [0.2, 0.25) is 0 Å². The van der Waals surface area contributed by atoms with Crippen molar-refractivity contribution in [2.45, 2.75) is 30.3 Å². The third kappa shape index (κ3) is 4.18. The van der Waals surface area contributed by atoms with Gasteiger partial charge in [-0.1, -0.05) is 29.8 Å². The molecule has 0 radical (unpaired) electrons. The van der Waals surface area contributed by atoms with Crippen molar-refractivity contribution in [3.63, 3.8) is 0 Å². The van der Waals surface area contributed by atoms with E-state index in [0.29, 0.717) is 32.1 Å². The third-order valence-electron chi connectivity index (χ3n) is 6.12. The van der Waals surface area contributed by atoms with Crippen LogP contribution in [0.4, 0.5) is 11.5 Å². The zero-order valence-electron chi connectivity index (χ0n) is 17.8. The van der Waals surface area contributed by atoms with Crippen LogP contribution in [0.1, 0.15) is 17.5 Å². The largest absolute Gasteiger partial charge is 0.384 e. The predicted molar refractivity (Wildman–Crippen MR) is 126 cm³/mol. The number of ether oxygens (including phenoxy) is 1. The molecule has 6 nitrogen and oxygen atoms in total. The van der Waals surface area contributed by atoms with Gasteiger partial charge >= 0.3 is 0 Å². The summed E-state index contributed by atoms with van der Waals surface area (Å²) in [7, 11) is -0.983. The molecule has 1 fully saturated rings. The van der Waals surface area contributed by atoms with Gasteiger partial charge in [0.05, 0.1) is 35.1 Å². The molecular formula is C24H28N4O2S. The minimum atomic E-state index is -0.983. The van der Waals surface area contributed by atoms with Gasteiger partial charge in [0.15, 0.2) is 0 Å². The van der Waals surface area contributed by atoms with E-state index >= 15 is 0 Å². The fourth-order valence-electron chi connectivity index (χ4n) is 4.23. The second-order valence-electron chi connectivity index (χ2n) is 8.66. The highest BCUT2D eigenvalue weighted by atomic mass is 32.2. The molecule has 7 heteroatoms. The Morgan fingerprint density at radius 3 is 2.87 bits per heavy atom. The monoisotopic (exact) mass is 436 g/mol. The third-order valence-corrected chi connectivity index (χ3v) is 7.56. The number of rotatable bonds is 5. The molecule has 2 aliphatic heterocycles. The summed E-state index contributed by atoms with van der Waals surface area (Å²) in [6, 6.07) is 16.5. The molecule has 0 amide bonds. The number of benzene rings is 2. The van der Waals surface area contributed by atoms with E-state index in [2.05, 4.69) is 47.5 Å². The molecule has 3 heterocycles. The zero-order valence-corrected chi connectivity index (χ0v) is 18.6. The Morgan fingerprint density at radius 2 is 2.06 bits per heavy atom. The molecule has 5 rings (SSSR count). The summed E-state index contributed by atoms with van der Waals surface area (Å²) in [6.07, 6.45) is 0.855. The van der Waals surface area contributed by atoms with Crippen molar-refractivity contribution in [3.8, 4) is 0 Å². The van der Waals surface area contributed by atoms with Gasteiger partial charge in [-0.15, -0.1) is 0 Å². The first-order valence-corrected chi connectivity index (χ1v) is 12.1. The van der Waals surface area contributed by atoms with Gasteiger partial charge in [0.25, 0.3) is 0 Å². The van der Waals surface area contributed by atoms with Crippen LogP contribution in [0, 0.1) is 6.92 Å². The first kappa shape index (κ1) is 20.4. The second-order valence-corrected chi connectivity index (χ2v) is 10.2. The van der Waals surface area contributed by atoms with Gasteiger partial charge in [-0.25, -0.2) is 4.98 Å². The minimum Gasteiger partial charge on any atom is -0.384 e. The summed E-state index contributed by atoms with van der Waals surface area (Å²) in [5, 5.41) is 4.71. The van der Waals surface area contributed by atoms with Crippen molar-refractivity contribution >= 4 is 33.2 Å². The number of pyridine rings is 1. The van der Waals surface area contributed by atoms with Crippen LogP contribution in [0.15, 0.2) is 53.4 Å². The quantitative estimate of drug-likeness (QED) is 0.639. The molecule has 2 aromatic carbocycles. The molecule has 1 aromatic heterocycles. The molecule has 2 aliphatic rings. The minimum absolute atomic E-state index is 0.215. The lowest BCUT2D eigenvalue weighted by Gasteiger charge is -2.37. The molecule has 1 atom stereocenters. The van der Waals surface area contributed by atoms with E-state index in [4.69, 9.17) is 15.5 Å². The number of aryl methyl sites for hydroxylation is 1. The highest BCUT2D eigenvalue weighted by Crippen LogP contribution is 2.31. The molecule has 162 valence electrons. The second kappa shape index (κ2) is 8.22. The number of anilines is 2. The molecule has 0 bridgehead atoms. The number of hydrogen-bond acceptors (Lipinski definition) is 6. The number of nitrogens with two attached hydrogens (primary N) is 1. The van der Waals surface area contributed by atoms with Crippen molar-refractivity contribution in [1.82, 2.24) is 4.98 Å². The lowest BCUT2D eigenvalue weighted by Crippen LogP contribution is -2.58. The summed E-state index contributed by atoms with van der Waals surface area (Å²) >= 11 is 0. The van der Waals surface area contributed by atoms with Crippen LogP contribution in [-0.4, -0.2) is 46.8 Å². The van der Waals surface area contributed by atoms with E-state index in [1.807, 2.05) is 18.2 Å². The molecule has 1 saturated heterocycles. The van der Waals surface area contributed by atoms with Crippen molar-refractivity contribution in [2.24, 2.45) is 5.73 Å². The average Bonchev–Trinajstić information content (AvgIpc) is 2.92. The summed E-state index contributed by atoms with van der Waals surface area (Å²) in [6.45, 7) is 5.53. The van der Waals surface area contributed by atoms with E-state index < -0.39 is 10.8 Å². The van der Waals surface area contributed by atoms with Crippen molar-refractivity contribution in [2.75, 3.05) is 42.3 Å². The van der Waals surface area contributed by atoms with Gasteiger partial charge in [-0.3, -0.25) is 4.21 Å². The molecular weight excluding hydrogens is 408 g/mol. The maximum absolute atomic E-state index is 12.7. The van der Waals surface area contributed by atoms with Gasteiger partial charge in [0, 0.05) is 47.4 Å². The van der Waals surface area contributed by atoms with Gasteiger partial charge in [-0.2, -0.15) is 0 Å². The first-order valence-electron chi connectivity index (χ1n) is 10.7. The smallest absolute Gasteiger partial charge is 0.131 e. The van der Waals surface area contributed by atoms with Crippen molar-refractivity contribution in [3.05, 3.63) is 59.7 Å². The van der Waals surface area contributed by atoms with Crippen LogP contribution in [0.5, 0.6) is 0 Å². The maximum Gasteiger partial charge on any atom is 0.131 e. The SMILES string of the molecule is Cc1ccc2nc(N3CCS(=O)c4ccccc4C3)cc(NCCC3(N)COC3)c2c1. The Labute approximate surface area is 185 Å². The van der Waals surface area contributed by atoms with Crippen molar-refractivity contribution in [1.29, 1.82) is 0 Å². The molecule has 31 heavy (non-hydrogen) atoms. The molecule has 0 aliphatic carbocycles. The Balaban J connectivity index is 1.47. The van der Waals surface area contributed by atoms with E-state index in [1.54, 1.807) is 0 Å². The van der Waals surface area contributed by atoms with Crippen LogP contribution in [0.25, 0.3) is 10.9 Å². The van der Waals surface area contributed by atoms with Gasteiger partial charge in [-0.05, 0) is 37.1 Å². The fourth-order valence-corrected chi connectivity index (χ4v) is 5.49. The lowest BCUT2D eigenvalue weighted by molar-refractivity contribution is -0.0555. The Hall–Kier alpha value is -2.48. The lowest BCUT2D eigenvalue weighted by atomic mass is 9.95. The predicted octanol–water partition coefficient (Wildman–Crippen LogP) is 3.20. The van der Waals surface area contributed by atoms with Crippen LogP contribution >= 0.6 is 0 Å². The van der Waals surface area contributed by atoms with E-state index in [9.17, 15) is 4.21 Å². The van der Waals surface area contributed by atoms with Crippen LogP contribution in [0.3, 0.4) is 0 Å². The average molecular weight is 437 g/mol. The Bertz CT molecular complexity index is 1150. The van der Waals surface area contributed by atoms with E-state index in [-0.39, 0.29) is 5.54 Å². The number of fused-ring (bicyclic) bond motifs is 2. The molecule has 0 saturated carbocycles. The van der Waals surface area contributed by atoms with Crippen LogP contribution in [-0.2, 0) is 22.1 Å². The topological polar surface area (TPSA) is 80.5 Å². The van der Waals surface area contributed by atoms with E-state index in [0.717, 1.165) is 45.8 Å². The summed E-state index contributed by atoms with van der Waals surface area (Å²) in [5.41, 5.74) is 10.4. The van der Waals surface area contributed by atoms with Crippen LogP contribution in [0.2, 0.25) is 0 Å².